The van der Waals surface area contributed by atoms with Gasteiger partial charge in [-0.05, 0) is 30.2 Å². The molecule has 0 saturated carbocycles. The Labute approximate surface area is 103 Å². The molecule has 1 unspecified atom stereocenters. The maximum atomic E-state index is 8.87. The number of nitriles is 1. The highest BCUT2D eigenvalue weighted by molar-refractivity contribution is 9.09. The summed E-state index contributed by atoms with van der Waals surface area (Å²) in [6.45, 7) is 0. The van der Waals surface area contributed by atoms with E-state index < -0.39 is 0 Å². The number of nitrogens with zero attached hydrogens (tertiary/aromatic N) is 1. The van der Waals surface area contributed by atoms with Crippen LogP contribution in [0.2, 0.25) is 5.02 Å². The molecule has 0 fully saturated rings. The van der Waals surface area contributed by atoms with Gasteiger partial charge in [-0.25, -0.2) is 0 Å². The van der Waals surface area contributed by atoms with E-state index in [-0.39, 0.29) is 5.92 Å². The van der Waals surface area contributed by atoms with Crippen LogP contribution in [0.3, 0.4) is 0 Å². The molecule has 0 heterocycles. The van der Waals surface area contributed by atoms with Crippen molar-refractivity contribution in [2.75, 3.05) is 12.4 Å². The third-order valence-corrected chi connectivity index (χ3v) is 3.09. The highest BCUT2D eigenvalue weighted by atomic mass is 79.9. The van der Waals surface area contributed by atoms with E-state index in [0.717, 1.165) is 11.3 Å². The molecule has 1 aromatic rings. The van der Waals surface area contributed by atoms with Crippen molar-refractivity contribution in [1.82, 2.24) is 0 Å². The molecule has 1 aromatic carbocycles. The Morgan fingerprint density at radius 3 is 2.87 bits per heavy atom. The Morgan fingerprint density at radius 1 is 1.60 bits per heavy atom. The molecular weight excluding hydrogens is 277 g/mol. The summed E-state index contributed by atoms with van der Waals surface area (Å²) in [5, 5.41) is 10.2. The molecule has 0 aliphatic heterocycles. The molecule has 1 rings (SSSR count). The molecular formula is C11H11BrClNO. The lowest BCUT2D eigenvalue weighted by Crippen LogP contribution is -2.04. The molecule has 0 aliphatic carbocycles. The second kappa shape index (κ2) is 5.99. The van der Waals surface area contributed by atoms with E-state index in [2.05, 4.69) is 22.0 Å². The van der Waals surface area contributed by atoms with Crippen LogP contribution in [0, 0.1) is 17.2 Å². The zero-order chi connectivity index (χ0) is 11.3. The molecule has 0 aromatic heterocycles. The molecule has 0 saturated heterocycles. The Balaban J connectivity index is 2.92. The molecule has 2 nitrogen and oxygen atoms in total. The molecule has 0 bridgehead atoms. The van der Waals surface area contributed by atoms with Gasteiger partial charge in [0, 0.05) is 10.4 Å². The monoisotopic (exact) mass is 287 g/mol. The van der Waals surface area contributed by atoms with Gasteiger partial charge in [-0.1, -0.05) is 27.5 Å². The van der Waals surface area contributed by atoms with Gasteiger partial charge >= 0.3 is 0 Å². The zero-order valence-electron chi connectivity index (χ0n) is 8.34. The first-order chi connectivity index (χ1) is 7.21. The number of ether oxygens (including phenoxy) is 1. The number of hydrogen-bond donors (Lipinski definition) is 0. The van der Waals surface area contributed by atoms with Crippen molar-refractivity contribution in [3.63, 3.8) is 0 Å². The Bertz CT molecular complexity index is 375. The highest BCUT2D eigenvalue weighted by Crippen LogP contribution is 2.25. The maximum absolute atomic E-state index is 8.87. The fraction of sp³-hybridized carbons (Fsp3) is 0.364. The van der Waals surface area contributed by atoms with Crippen molar-refractivity contribution in [2.45, 2.75) is 6.42 Å². The molecule has 0 aliphatic rings. The van der Waals surface area contributed by atoms with Crippen molar-refractivity contribution < 1.29 is 4.74 Å². The predicted octanol–water partition coefficient (Wildman–Crippen LogP) is 3.43. The number of rotatable bonds is 4. The van der Waals surface area contributed by atoms with E-state index in [9.17, 15) is 0 Å². The number of benzene rings is 1. The second-order valence-electron chi connectivity index (χ2n) is 3.14. The van der Waals surface area contributed by atoms with Gasteiger partial charge < -0.3 is 4.74 Å². The van der Waals surface area contributed by atoms with Gasteiger partial charge in [0.05, 0.1) is 19.1 Å². The summed E-state index contributed by atoms with van der Waals surface area (Å²) in [4.78, 5) is 0. The minimum atomic E-state index is -0.0580. The van der Waals surface area contributed by atoms with Crippen LogP contribution in [0.4, 0.5) is 0 Å². The van der Waals surface area contributed by atoms with E-state index in [4.69, 9.17) is 21.6 Å². The fourth-order valence-electron chi connectivity index (χ4n) is 1.31. The van der Waals surface area contributed by atoms with E-state index in [1.165, 1.54) is 0 Å². The number of halogens is 2. The number of alkyl halides is 1. The fourth-order valence-corrected chi connectivity index (χ4v) is 1.88. The number of methoxy groups -OCH3 is 1. The third-order valence-electron chi connectivity index (χ3n) is 2.08. The highest BCUT2D eigenvalue weighted by Gasteiger charge is 2.11. The van der Waals surface area contributed by atoms with Crippen LogP contribution in [-0.2, 0) is 6.42 Å². The van der Waals surface area contributed by atoms with Crippen LogP contribution in [0.1, 0.15) is 5.56 Å². The molecule has 15 heavy (non-hydrogen) atoms. The van der Waals surface area contributed by atoms with Crippen LogP contribution < -0.4 is 4.74 Å². The van der Waals surface area contributed by atoms with Gasteiger partial charge in [-0.3, -0.25) is 0 Å². The Hall–Kier alpha value is -0.720. The molecule has 0 radical (unpaired) electrons. The summed E-state index contributed by atoms with van der Waals surface area (Å²) in [7, 11) is 1.61. The minimum Gasteiger partial charge on any atom is -0.496 e. The predicted molar refractivity (Wildman–Crippen MR) is 64.6 cm³/mol. The second-order valence-corrected chi connectivity index (χ2v) is 4.22. The minimum absolute atomic E-state index is 0.0580. The van der Waals surface area contributed by atoms with E-state index >= 15 is 0 Å². The van der Waals surface area contributed by atoms with Crippen LogP contribution in [-0.4, -0.2) is 12.4 Å². The summed E-state index contributed by atoms with van der Waals surface area (Å²) in [6, 6.07) is 7.66. The molecule has 80 valence electrons. The SMILES string of the molecule is COc1ccc(Cl)cc1CC(C#N)CBr. The van der Waals surface area contributed by atoms with E-state index in [1.807, 2.05) is 12.1 Å². The average molecular weight is 289 g/mol. The van der Waals surface area contributed by atoms with Gasteiger partial charge in [0.2, 0.25) is 0 Å². The molecule has 0 N–H and O–H groups in total. The smallest absolute Gasteiger partial charge is 0.122 e. The molecule has 4 heteroatoms. The van der Waals surface area contributed by atoms with Gasteiger partial charge in [0.1, 0.15) is 5.75 Å². The van der Waals surface area contributed by atoms with Crippen LogP contribution in [0.25, 0.3) is 0 Å². The summed E-state index contributed by atoms with van der Waals surface area (Å²) >= 11 is 9.20. The lowest BCUT2D eigenvalue weighted by Gasteiger charge is -2.10. The molecule has 0 spiro atoms. The normalized spacial score (nSPS) is 11.9. The first kappa shape index (κ1) is 12.4. The zero-order valence-corrected chi connectivity index (χ0v) is 10.7. The van der Waals surface area contributed by atoms with Gasteiger partial charge in [0.15, 0.2) is 0 Å². The largest absolute Gasteiger partial charge is 0.496 e. The van der Waals surface area contributed by atoms with Crippen molar-refractivity contribution in [1.29, 1.82) is 5.26 Å². The van der Waals surface area contributed by atoms with E-state index in [0.29, 0.717) is 16.8 Å². The van der Waals surface area contributed by atoms with Crippen molar-refractivity contribution in [3.05, 3.63) is 28.8 Å². The Morgan fingerprint density at radius 2 is 2.33 bits per heavy atom. The van der Waals surface area contributed by atoms with Crippen molar-refractivity contribution in [3.8, 4) is 11.8 Å². The third kappa shape index (κ3) is 3.40. The lowest BCUT2D eigenvalue weighted by molar-refractivity contribution is 0.408. The topological polar surface area (TPSA) is 33.0 Å². The number of hydrogen-bond acceptors (Lipinski definition) is 2. The first-order valence-corrected chi connectivity index (χ1v) is 5.99. The van der Waals surface area contributed by atoms with Gasteiger partial charge in [0.25, 0.3) is 0 Å². The van der Waals surface area contributed by atoms with Crippen LogP contribution in [0.15, 0.2) is 18.2 Å². The van der Waals surface area contributed by atoms with Crippen LogP contribution in [0.5, 0.6) is 5.75 Å². The summed E-state index contributed by atoms with van der Waals surface area (Å²) in [6.07, 6.45) is 0.644. The van der Waals surface area contributed by atoms with E-state index in [1.54, 1.807) is 13.2 Å². The standard InChI is InChI=1S/C11H11BrClNO/c1-15-11-3-2-10(13)5-9(11)4-8(6-12)7-14/h2-3,5,8H,4,6H2,1H3. The summed E-state index contributed by atoms with van der Waals surface area (Å²) in [5.41, 5.74) is 0.969. The summed E-state index contributed by atoms with van der Waals surface area (Å²) < 4.78 is 5.21. The summed E-state index contributed by atoms with van der Waals surface area (Å²) in [5.74, 6) is 0.720. The van der Waals surface area contributed by atoms with Crippen molar-refractivity contribution >= 4 is 27.5 Å². The lowest BCUT2D eigenvalue weighted by atomic mass is 10.0. The first-order valence-electron chi connectivity index (χ1n) is 4.49. The quantitative estimate of drug-likeness (QED) is 0.795. The van der Waals surface area contributed by atoms with Gasteiger partial charge in [-0.15, -0.1) is 0 Å². The van der Waals surface area contributed by atoms with Gasteiger partial charge in [-0.2, -0.15) is 5.26 Å². The average Bonchev–Trinajstić information content (AvgIpc) is 2.26. The Kier molecular flexibility index (Phi) is 4.93. The van der Waals surface area contributed by atoms with Crippen LogP contribution >= 0.6 is 27.5 Å². The van der Waals surface area contributed by atoms with Crippen molar-refractivity contribution in [2.24, 2.45) is 5.92 Å². The molecule has 1 atom stereocenters. The molecule has 0 amide bonds. The maximum Gasteiger partial charge on any atom is 0.122 e.